The van der Waals surface area contributed by atoms with E-state index in [9.17, 15) is 9.59 Å². The van der Waals surface area contributed by atoms with E-state index in [4.69, 9.17) is 0 Å². The van der Waals surface area contributed by atoms with Gasteiger partial charge in [-0.3, -0.25) is 14.5 Å². The van der Waals surface area contributed by atoms with E-state index in [-0.39, 0.29) is 11.8 Å². The molecular formula is C16H22N2O2. The Balaban J connectivity index is 1.92. The lowest BCUT2D eigenvalue weighted by Crippen LogP contribution is -2.33. The van der Waals surface area contributed by atoms with E-state index < -0.39 is 0 Å². The fourth-order valence-electron chi connectivity index (χ4n) is 2.68. The molecule has 1 unspecified atom stereocenters. The fraction of sp³-hybridized carbons (Fsp3) is 0.500. The normalized spacial score (nSPS) is 15.6. The van der Waals surface area contributed by atoms with E-state index in [0.717, 1.165) is 25.8 Å². The van der Waals surface area contributed by atoms with Gasteiger partial charge in [-0.15, -0.1) is 0 Å². The van der Waals surface area contributed by atoms with Crippen LogP contribution in [0.15, 0.2) is 24.3 Å². The summed E-state index contributed by atoms with van der Waals surface area (Å²) in [4.78, 5) is 25.7. The number of hydrogen-bond donors (Lipinski definition) is 1. The molecule has 0 saturated carbocycles. The monoisotopic (exact) mass is 274 g/mol. The molecular weight excluding hydrogens is 252 g/mol. The van der Waals surface area contributed by atoms with Crippen molar-refractivity contribution in [3.05, 3.63) is 35.4 Å². The lowest BCUT2D eigenvalue weighted by atomic mass is 10.1. The summed E-state index contributed by atoms with van der Waals surface area (Å²) >= 11 is 0. The minimum atomic E-state index is -0.151. The van der Waals surface area contributed by atoms with Crippen LogP contribution in [0.25, 0.3) is 0 Å². The molecule has 1 aliphatic heterocycles. The van der Waals surface area contributed by atoms with Gasteiger partial charge in [0.15, 0.2) is 0 Å². The Hall–Kier alpha value is -1.68. The summed E-state index contributed by atoms with van der Waals surface area (Å²) in [6, 6.07) is 7.51. The second-order valence-corrected chi connectivity index (χ2v) is 5.11. The van der Waals surface area contributed by atoms with Crippen LogP contribution in [0.4, 0.5) is 0 Å². The molecule has 1 aromatic rings. The number of amides is 2. The molecule has 1 N–H and O–H groups in total. The molecule has 0 aromatic heterocycles. The van der Waals surface area contributed by atoms with Crippen LogP contribution in [-0.4, -0.2) is 35.8 Å². The molecule has 1 atom stereocenters. The van der Waals surface area contributed by atoms with Crippen molar-refractivity contribution in [2.45, 2.75) is 39.2 Å². The maximum Gasteiger partial charge on any atom is 0.261 e. The molecule has 0 aliphatic carbocycles. The van der Waals surface area contributed by atoms with E-state index in [1.165, 1.54) is 4.90 Å². The van der Waals surface area contributed by atoms with Gasteiger partial charge in [0.25, 0.3) is 11.8 Å². The Labute approximate surface area is 120 Å². The first-order valence-corrected chi connectivity index (χ1v) is 7.37. The number of imide groups is 1. The predicted molar refractivity (Wildman–Crippen MR) is 78.8 cm³/mol. The highest BCUT2D eigenvalue weighted by atomic mass is 16.2. The van der Waals surface area contributed by atoms with Crippen LogP contribution in [-0.2, 0) is 0 Å². The average molecular weight is 274 g/mol. The summed E-state index contributed by atoms with van der Waals surface area (Å²) < 4.78 is 0. The number of rotatable bonds is 7. The molecule has 108 valence electrons. The van der Waals surface area contributed by atoms with Gasteiger partial charge in [-0.2, -0.15) is 0 Å². The van der Waals surface area contributed by atoms with E-state index in [1.807, 2.05) is 0 Å². The molecule has 0 spiro atoms. The van der Waals surface area contributed by atoms with Crippen molar-refractivity contribution in [3.8, 4) is 0 Å². The number of hydrogen-bond acceptors (Lipinski definition) is 3. The molecule has 2 amide bonds. The highest BCUT2D eigenvalue weighted by Gasteiger charge is 2.34. The Morgan fingerprint density at radius 2 is 1.70 bits per heavy atom. The summed E-state index contributed by atoms with van der Waals surface area (Å²) in [5, 5.41) is 3.41. The second-order valence-electron chi connectivity index (χ2n) is 5.11. The maximum atomic E-state index is 12.2. The number of benzene rings is 1. The predicted octanol–water partition coefficient (Wildman–Crippen LogP) is 2.45. The van der Waals surface area contributed by atoms with Crippen LogP contribution < -0.4 is 5.32 Å². The number of carbonyl (C=O) groups is 2. The van der Waals surface area contributed by atoms with Crippen LogP contribution in [0.2, 0.25) is 0 Å². The lowest BCUT2D eigenvalue weighted by molar-refractivity contribution is 0.0650. The molecule has 1 aromatic carbocycles. The van der Waals surface area contributed by atoms with E-state index in [2.05, 4.69) is 19.2 Å². The quantitative estimate of drug-likeness (QED) is 0.777. The van der Waals surface area contributed by atoms with Crippen LogP contribution in [0.5, 0.6) is 0 Å². The minimum absolute atomic E-state index is 0.151. The third-order valence-corrected chi connectivity index (χ3v) is 3.80. The van der Waals surface area contributed by atoms with Crippen molar-refractivity contribution in [3.63, 3.8) is 0 Å². The summed E-state index contributed by atoms with van der Waals surface area (Å²) in [6.07, 6.45) is 2.89. The SMILES string of the molecule is CCNC(CC)CCCN1C(=O)c2ccccc2C1=O. The zero-order chi connectivity index (χ0) is 14.5. The topological polar surface area (TPSA) is 49.4 Å². The van der Waals surface area contributed by atoms with E-state index >= 15 is 0 Å². The highest BCUT2D eigenvalue weighted by molar-refractivity contribution is 6.21. The number of fused-ring (bicyclic) bond motifs is 1. The van der Waals surface area contributed by atoms with Crippen LogP contribution in [0, 0.1) is 0 Å². The Bertz CT molecular complexity index is 464. The molecule has 4 nitrogen and oxygen atoms in total. The minimum Gasteiger partial charge on any atom is -0.314 e. The Morgan fingerprint density at radius 3 is 2.20 bits per heavy atom. The van der Waals surface area contributed by atoms with Crippen molar-refractivity contribution in [2.24, 2.45) is 0 Å². The highest BCUT2D eigenvalue weighted by Crippen LogP contribution is 2.22. The largest absolute Gasteiger partial charge is 0.314 e. The molecule has 0 bridgehead atoms. The standard InChI is InChI=1S/C16H22N2O2/c1-3-12(17-4-2)8-7-11-18-15(19)13-9-5-6-10-14(13)16(18)20/h5-6,9-10,12,17H,3-4,7-8,11H2,1-2H3. The average Bonchev–Trinajstić information content (AvgIpc) is 2.71. The summed E-state index contributed by atoms with van der Waals surface area (Å²) in [5.41, 5.74) is 1.08. The molecule has 4 heteroatoms. The molecule has 2 rings (SSSR count). The van der Waals surface area contributed by atoms with Crippen molar-refractivity contribution in [1.29, 1.82) is 0 Å². The van der Waals surface area contributed by atoms with Gasteiger partial charge >= 0.3 is 0 Å². The van der Waals surface area contributed by atoms with Crippen molar-refractivity contribution in [1.82, 2.24) is 10.2 Å². The maximum absolute atomic E-state index is 12.2. The van der Waals surface area contributed by atoms with Gasteiger partial charge in [0.2, 0.25) is 0 Å². The first-order valence-electron chi connectivity index (χ1n) is 7.37. The molecule has 0 saturated heterocycles. The Morgan fingerprint density at radius 1 is 1.10 bits per heavy atom. The summed E-state index contributed by atoms with van der Waals surface area (Å²) in [5.74, 6) is -0.302. The van der Waals surface area contributed by atoms with Crippen molar-refractivity contribution >= 4 is 11.8 Å². The van der Waals surface area contributed by atoms with Gasteiger partial charge in [0.1, 0.15) is 0 Å². The van der Waals surface area contributed by atoms with Crippen LogP contribution >= 0.6 is 0 Å². The third kappa shape index (κ3) is 2.90. The molecule has 1 heterocycles. The first kappa shape index (κ1) is 14.7. The third-order valence-electron chi connectivity index (χ3n) is 3.80. The van der Waals surface area contributed by atoms with Gasteiger partial charge in [-0.05, 0) is 37.9 Å². The van der Waals surface area contributed by atoms with Gasteiger partial charge in [-0.1, -0.05) is 26.0 Å². The number of carbonyl (C=O) groups excluding carboxylic acids is 2. The van der Waals surface area contributed by atoms with Gasteiger partial charge in [0, 0.05) is 12.6 Å². The fourth-order valence-corrected chi connectivity index (χ4v) is 2.68. The van der Waals surface area contributed by atoms with Crippen molar-refractivity contribution < 1.29 is 9.59 Å². The molecule has 20 heavy (non-hydrogen) atoms. The zero-order valence-corrected chi connectivity index (χ0v) is 12.2. The molecule has 1 aliphatic rings. The van der Waals surface area contributed by atoms with E-state index in [1.54, 1.807) is 24.3 Å². The zero-order valence-electron chi connectivity index (χ0n) is 12.2. The van der Waals surface area contributed by atoms with Gasteiger partial charge in [-0.25, -0.2) is 0 Å². The summed E-state index contributed by atoms with van der Waals surface area (Å²) in [7, 11) is 0. The first-order chi connectivity index (χ1) is 9.69. The Kier molecular flexibility index (Phi) is 4.90. The number of nitrogens with one attached hydrogen (secondary N) is 1. The molecule has 0 fully saturated rings. The van der Waals surface area contributed by atoms with Crippen molar-refractivity contribution in [2.75, 3.05) is 13.1 Å². The van der Waals surface area contributed by atoms with Crippen LogP contribution in [0.1, 0.15) is 53.8 Å². The smallest absolute Gasteiger partial charge is 0.261 e. The molecule has 0 radical (unpaired) electrons. The second kappa shape index (κ2) is 6.66. The number of nitrogens with zero attached hydrogens (tertiary/aromatic N) is 1. The lowest BCUT2D eigenvalue weighted by Gasteiger charge is -2.18. The summed E-state index contributed by atoms with van der Waals surface area (Å²) in [6.45, 7) is 5.70. The van der Waals surface area contributed by atoms with Crippen LogP contribution in [0.3, 0.4) is 0 Å². The van der Waals surface area contributed by atoms with Gasteiger partial charge < -0.3 is 5.32 Å². The van der Waals surface area contributed by atoms with Gasteiger partial charge in [0.05, 0.1) is 11.1 Å². The van der Waals surface area contributed by atoms with E-state index in [0.29, 0.717) is 23.7 Å².